The maximum absolute atomic E-state index is 12.3. The molecule has 0 saturated carbocycles. The van der Waals surface area contributed by atoms with Crippen molar-refractivity contribution < 1.29 is 14.3 Å². The van der Waals surface area contributed by atoms with Gasteiger partial charge in [0.25, 0.3) is 0 Å². The van der Waals surface area contributed by atoms with Gasteiger partial charge in [-0.15, -0.1) is 0 Å². The third-order valence-electron chi connectivity index (χ3n) is 2.90. The monoisotopic (exact) mass is 234 g/mol. The average molecular weight is 234 g/mol. The average Bonchev–Trinajstić information content (AvgIpc) is 2.30. The molecule has 0 radical (unpaired) electrons. The fourth-order valence-corrected chi connectivity index (χ4v) is 1.66. The van der Waals surface area contributed by atoms with E-state index in [0.29, 0.717) is 5.56 Å². The van der Waals surface area contributed by atoms with Gasteiger partial charge in [0.05, 0.1) is 7.11 Å². The fraction of sp³-hybridized carbons (Fsp3) is 0.429. The molecule has 0 saturated heterocycles. The molecular weight excluding hydrogens is 216 g/mol. The molecule has 1 rings (SSSR count). The van der Waals surface area contributed by atoms with Gasteiger partial charge >= 0.3 is 5.97 Å². The van der Waals surface area contributed by atoms with Gasteiger partial charge in [-0.1, -0.05) is 17.7 Å². The Kier molecular flexibility index (Phi) is 3.71. The second kappa shape index (κ2) is 4.70. The summed E-state index contributed by atoms with van der Waals surface area (Å²) in [6, 6.07) is 5.63. The van der Waals surface area contributed by atoms with E-state index in [0.717, 1.165) is 11.1 Å². The van der Waals surface area contributed by atoms with Crippen LogP contribution in [0, 0.1) is 19.3 Å². The highest BCUT2D eigenvalue weighted by Crippen LogP contribution is 2.25. The SMILES string of the molecule is COC(=O)C(C)(C)C(=O)c1cc(C)ccc1C. The van der Waals surface area contributed by atoms with E-state index in [1.54, 1.807) is 13.8 Å². The first-order valence-corrected chi connectivity index (χ1v) is 5.51. The summed E-state index contributed by atoms with van der Waals surface area (Å²) in [5.74, 6) is -0.714. The lowest BCUT2D eigenvalue weighted by molar-refractivity contribution is -0.147. The number of hydrogen-bond donors (Lipinski definition) is 0. The molecule has 0 unspecified atom stereocenters. The Morgan fingerprint density at radius 2 is 1.76 bits per heavy atom. The van der Waals surface area contributed by atoms with Crippen molar-refractivity contribution in [1.82, 2.24) is 0 Å². The Hall–Kier alpha value is -1.64. The molecule has 3 heteroatoms. The first kappa shape index (κ1) is 13.4. The Labute approximate surface area is 102 Å². The van der Waals surface area contributed by atoms with Gasteiger partial charge in [-0.2, -0.15) is 0 Å². The van der Waals surface area contributed by atoms with Crippen LogP contribution in [0.1, 0.15) is 35.3 Å². The number of methoxy groups -OCH3 is 1. The molecule has 3 nitrogen and oxygen atoms in total. The summed E-state index contributed by atoms with van der Waals surface area (Å²) in [5, 5.41) is 0. The van der Waals surface area contributed by atoms with Crippen LogP contribution in [-0.2, 0) is 9.53 Å². The van der Waals surface area contributed by atoms with Gasteiger partial charge in [-0.3, -0.25) is 9.59 Å². The highest BCUT2D eigenvalue weighted by atomic mass is 16.5. The van der Waals surface area contributed by atoms with Crippen molar-refractivity contribution in [2.24, 2.45) is 5.41 Å². The van der Waals surface area contributed by atoms with E-state index in [-0.39, 0.29) is 5.78 Å². The Morgan fingerprint density at radius 1 is 1.18 bits per heavy atom. The number of rotatable bonds is 3. The topological polar surface area (TPSA) is 43.4 Å². The number of carbonyl (C=O) groups excluding carboxylic acids is 2. The molecule has 0 heterocycles. The molecule has 0 N–H and O–H groups in total. The maximum Gasteiger partial charge on any atom is 0.319 e. The molecule has 0 aliphatic rings. The predicted molar refractivity (Wildman–Crippen MR) is 66.0 cm³/mol. The molecule has 0 atom stereocenters. The van der Waals surface area contributed by atoms with Gasteiger partial charge in [0.1, 0.15) is 5.41 Å². The zero-order valence-corrected chi connectivity index (χ0v) is 11.0. The number of aryl methyl sites for hydroxylation is 2. The molecule has 1 aromatic carbocycles. The number of Topliss-reactive ketones (excluding diaryl/α,β-unsaturated/α-hetero) is 1. The Morgan fingerprint density at radius 3 is 2.29 bits per heavy atom. The van der Waals surface area contributed by atoms with Gasteiger partial charge in [0.2, 0.25) is 0 Å². The standard InChI is InChI=1S/C14H18O3/c1-9-6-7-10(2)11(8-9)12(15)14(3,4)13(16)17-5/h6-8H,1-5H3. The number of benzene rings is 1. The Balaban J connectivity index is 3.21. The number of ether oxygens (including phenoxy) is 1. The minimum absolute atomic E-state index is 0.203. The molecule has 0 bridgehead atoms. The van der Waals surface area contributed by atoms with Gasteiger partial charge in [-0.05, 0) is 39.3 Å². The van der Waals surface area contributed by atoms with Gasteiger partial charge in [-0.25, -0.2) is 0 Å². The molecule has 17 heavy (non-hydrogen) atoms. The third-order valence-corrected chi connectivity index (χ3v) is 2.90. The summed E-state index contributed by atoms with van der Waals surface area (Å²) in [5.41, 5.74) is 1.31. The third kappa shape index (κ3) is 2.54. The summed E-state index contributed by atoms with van der Waals surface area (Å²) in [7, 11) is 1.29. The predicted octanol–water partition coefficient (Wildman–Crippen LogP) is 2.69. The first-order valence-electron chi connectivity index (χ1n) is 5.51. The van der Waals surface area contributed by atoms with E-state index < -0.39 is 11.4 Å². The smallest absolute Gasteiger partial charge is 0.319 e. The van der Waals surface area contributed by atoms with E-state index in [2.05, 4.69) is 4.74 Å². The summed E-state index contributed by atoms with van der Waals surface area (Å²) >= 11 is 0. The molecule has 1 aromatic rings. The normalized spacial score (nSPS) is 11.1. The van der Waals surface area contributed by atoms with Crippen LogP contribution in [0.2, 0.25) is 0 Å². The second-order valence-electron chi connectivity index (χ2n) is 4.76. The highest BCUT2D eigenvalue weighted by molar-refractivity contribution is 6.12. The lowest BCUT2D eigenvalue weighted by atomic mass is 9.82. The van der Waals surface area contributed by atoms with Crippen molar-refractivity contribution in [3.05, 3.63) is 34.9 Å². The molecule has 0 amide bonds. The van der Waals surface area contributed by atoms with Crippen LogP contribution in [0.5, 0.6) is 0 Å². The van der Waals surface area contributed by atoms with Crippen LogP contribution in [0.4, 0.5) is 0 Å². The molecule has 0 aromatic heterocycles. The minimum atomic E-state index is -1.15. The number of ketones is 1. The van der Waals surface area contributed by atoms with Crippen molar-refractivity contribution in [1.29, 1.82) is 0 Å². The maximum atomic E-state index is 12.3. The summed E-state index contributed by atoms with van der Waals surface area (Å²) < 4.78 is 4.67. The molecular formula is C14H18O3. The van der Waals surface area contributed by atoms with E-state index in [1.165, 1.54) is 7.11 Å². The van der Waals surface area contributed by atoms with E-state index in [9.17, 15) is 9.59 Å². The Bertz CT molecular complexity index is 459. The quantitative estimate of drug-likeness (QED) is 0.459. The zero-order chi connectivity index (χ0) is 13.2. The first-order chi connectivity index (χ1) is 7.80. The van der Waals surface area contributed by atoms with Crippen molar-refractivity contribution in [2.75, 3.05) is 7.11 Å². The van der Waals surface area contributed by atoms with Gasteiger partial charge < -0.3 is 4.74 Å². The molecule has 0 aliphatic carbocycles. The molecule has 0 spiro atoms. The van der Waals surface area contributed by atoms with Crippen LogP contribution in [0.15, 0.2) is 18.2 Å². The van der Waals surface area contributed by atoms with E-state index in [1.807, 2.05) is 32.0 Å². The molecule has 92 valence electrons. The number of esters is 1. The summed E-state index contributed by atoms with van der Waals surface area (Å²) in [6.07, 6.45) is 0. The van der Waals surface area contributed by atoms with Crippen LogP contribution >= 0.6 is 0 Å². The zero-order valence-electron chi connectivity index (χ0n) is 11.0. The lowest BCUT2D eigenvalue weighted by Gasteiger charge is -2.21. The second-order valence-corrected chi connectivity index (χ2v) is 4.76. The van der Waals surface area contributed by atoms with Crippen molar-refractivity contribution in [3.8, 4) is 0 Å². The van der Waals surface area contributed by atoms with Crippen LogP contribution < -0.4 is 0 Å². The van der Waals surface area contributed by atoms with Crippen molar-refractivity contribution in [2.45, 2.75) is 27.7 Å². The van der Waals surface area contributed by atoms with Gasteiger partial charge in [0.15, 0.2) is 5.78 Å². The fourth-order valence-electron chi connectivity index (χ4n) is 1.66. The highest BCUT2D eigenvalue weighted by Gasteiger charge is 2.38. The van der Waals surface area contributed by atoms with Crippen LogP contribution in [0.3, 0.4) is 0 Å². The largest absolute Gasteiger partial charge is 0.468 e. The van der Waals surface area contributed by atoms with Crippen molar-refractivity contribution in [3.63, 3.8) is 0 Å². The molecule has 0 aliphatic heterocycles. The number of hydrogen-bond acceptors (Lipinski definition) is 3. The number of carbonyl (C=O) groups is 2. The summed E-state index contributed by atoms with van der Waals surface area (Å²) in [4.78, 5) is 23.9. The minimum Gasteiger partial charge on any atom is -0.468 e. The van der Waals surface area contributed by atoms with Crippen molar-refractivity contribution >= 4 is 11.8 Å². The van der Waals surface area contributed by atoms with E-state index in [4.69, 9.17) is 0 Å². The van der Waals surface area contributed by atoms with E-state index >= 15 is 0 Å². The van der Waals surface area contributed by atoms with Crippen LogP contribution in [0.25, 0.3) is 0 Å². The van der Waals surface area contributed by atoms with Crippen LogP contribution in [-0.4, -0.2) is 18.9 Å². The summed E-state index contributed by atoms with van der Waals surface area (Å²) in [6.45, 7) is 6.95. The van der Waals surface area contributed by atoms with Gasteiger partial charge in [0, 0.05) is 5.56 Å². The lowest BCUT2D eigenvalue weighted by Crippen LogP contribution is -2.35. The molecule has 0 fully saturated rings.